The molecule has 0 aliphatic rings. The van der Waals surface area contributed by atoms with Crippen molar-refractivity contribution in [2.45, 2.75) is 57.6 Å². The predicted molar refractivity (Wildman–Crippen MR) is 96.8 cm³/mol. The number of unbranched alkanes of at least 4 members (excludes halogenated alkanes) is 1. The van der Waals surface area contributed by atoms with Gasteiger partial charge in [0, 0.05) is 19.4 Å². The highest BCUT2D eigenvalue weighted by Crippen LogP contribution is 2.14. The Labute approximate surface area is 145 Å². The molecular formula is C18H29NO4S. The number of hydrogen-bond acceptors (Lipinski definition) is 4. The number of aryl methyl sites for hydroxylation is 1. The van der Waals surface area contributed by atoms with Crippen LogP contribution in [0, 0.1) is 0 Å². The highest BCUT2D eigenvalue weighted by Gasteiger charge is 2.27. The maximum atomic E-state index is 11.9. The Morgan fingerprint density at radius 1 is 1.08 bits per heavy atom. The summed E-state index contributed by atoms with van der Waals surface area (Å²) >= 11 is 0. The highest BCUT2D eigenvalue weighted by atomic mass is 32.2. The lowest BCUT2D eigenvalue weighted by Gasteiger charge is -2.19. The number of rotatable bonds is 10. The summed E-state index contributed by atoms with van der Waals surface area (Å²) in [6, 6.07) is 7.71. The molecule has 0 fully saturated rings. The van der Waals surface area contributed by atoms with Gasteiger partial charge in [-0.05, 0) is 57.7 Å². The Morgan fingerprint density at radius 2 is 1.71 bits per heavy atom. The van der Waals surface area contributed by atoms with E-state index in [1.807, 2.05) is 24.3 Å². The quantitative estimate of drug-likeness (QED) is 0.655. The van der Waals surface area contributed by atoms with Gasteiger partial charge >= 0.3 is 0 Å². The van der Waals surface area contributed by atoms with E-state index in [0.29, 0.717) is 32.2 Å². The number of hydrogen-bond donors (Lipinski definition) is 1. The summed E-state index contributed by atoms with van der Waals surface area (Å²) in [5.41, 5.74) is 1.11. The number of sulfonamides is 1. The van der Waals surface area contributed by atoms with E-state index in [-0.39, 0.29) is 5.78 Å². The van der Waals surface area contributed by atoms with Gasteiger partial charge in [-0.15, -0.1) is 0 Å². The van der Waals surface area contributed by atoms with Crippen LogP contribution in [0.4, 0.5) is 0 Å². The minimum Gasteiger partial charge on any atom is -0.497 e. The molecule has 0 spiro atoms. The molecule has 0 bridgehead atoms. The topological polar surface area (TPSA) is 72.5 Å². The second kappa shape index (κ2) is 9.18. The summed E-state index contributed by atoms with van der Waals surface area (Å²) in [7, 11) is -1.67. The van der Waals surface area contributed by atoms with Crippen LogP contribution < -0.4 is 9.46 Å². The van der Waals surface area contributed by atoms with Crippen LogP contribution in [-0.4, -0.2) is 32.6 Å². The second-order valence-corrected chi connectivity index (χ2v) is 9.37. The van der Waals surface area contributed by atoms with Gasteiger partial charge in [-0.3, -0.25) is 4.79 Å². The molecule has 5 nitrogen and oxygen atoms in total. The lowest BCUT2D eigenvalue weighted by Crippen LogP contribution is -2.39. The average molecular weight is 356 g/mol. The van der Waals surface area contributed by atoms with Crippen LogP contribution >= 0.6 is 0 Å². The molecule has 0 aromatic heterocycles. The van der Waals surface area contributed by atoms with E-state index in [9.17, 15) is 13.2 Å². The molecule has 1 rings (SSSR count). The monoisotopic (exact) mass is 355 g/mol. The zero-order valence-electron chi connectivity index (χ0n) is 15.1. The van der Waals surface area contributed by atoms with Gasteiger partial charge in [-0.25, -0.2) is 13.1 Å². The second-order valence-electron chi connectivity index (χ2n) is 6.85. The standard InChI is InChI=1S/C18H29NO4S/c1-18(2,3)24(21,22)19-14-6-5-7-16(20)11-8-15-9-12-17(23-4)13-10-15/h9-10,12-13,19H,5-8,11,14H2,1-4H3. The number of ketones is 1. The fourth-order valence-electron chi connectivity index (χ4n) is 2.07. The van der Waals surface area contributed by atoms with E-state index in [1.54, 1.807) is 27.9 Å². The first-order valence-electron chi connectivity index (χ1n) is 8.29. The van der Waals surface area contributed by atoms with E-state index in [1.165, 1.54) is 0 Å². The van der Waals surface area contributed by atoms with Crippen LogP contribution in [0.25, 0.3) is 0 Å². The van der Waals surface area contributed by atoms with Crippen LogP contribution in [0.1, 0.15) is 52.0 Å². The van der Waals surface area contributed by atoms with E-state index in [4.69, 9.17) is 4.74 Å². The van der Waals surface area contributed by atoms with Crippen LogP contribution in [0.5, 0.6) is 5.75 Å². The van der Waals surface area contributed by atoms with E-state index >= 15 is 0 Å². The number of methoxy groups -OCH3 is 1. The van der Waals surface area contributed by atoms with Crippen LogP contribution in [0.15, 0.2) is 24.3 Å². The molecule has 0 heterocycles. The van der Waals surface area contributed by atoms with Gasteiger partial charge in [-0.2, -0.15) is 0 Å². The van der Waals surface area contributed by atoms with E-state index < -0.39 is 14.8 Å². The third-order valence-electron chi connectivity index (χ3n) is 3.83. The highest BCUT2D eigenvalue weighted by molar-refractivity contribution is 7.90. The number of Topliss-reactive ketones (excluding diaryl/α,β-unsaturated/α-hetero) is 1. The SMILES string of the molecule is COc1ccc(CCC(=O)CCCCNS(=O)(=O)C(C)(C)C)cc1. The number of benzene rings is 1. The average Bonchev–Trinajstić information content (AvgIpc) is 2.52. The Kier molecular flexibility index (Phi) is 7.90. The molecular weight excluding hydrogens is 326 g/mol. The van der Waals surface area contributed by atoms with Gasteiger partial charge in [0.2, 0.25) is 10.0 Å². The van der Waals surface area contributed by atoms with Gasteiger partial charge in [0.15, 0.2) is 0 Å². The lowest BCUT2D eigenvalue weighted by atomic mass is 10.0. The summed E-state index contributed by atoms with van der Waals surface area (Å²) in [6.07, 6.45) is 3.10. The van der Waals surface area contributed by atoms with Crippen LogP contribution in [0.2, 0.25) is 0 Å². The first kappa shape index (κ1) is 20.6. The van der Waals surface area contributed by atoms with Crippen molar-refractivity contribution in [2.24, 2.45) is 0 Å². The summed E-state index contributed by atoms with van der Waals surface area (Å²) in [5.74, 6) is 1.02. The number of carbonyl (C=O) groups excluding carboxylic acids is 1. The van der Waals surface area contributed by atoms with Crippen molar-refractivity contribution >= 4 is 15.8 Å². The third-order valence-corrected chi connectivity index (χ3v) is 6.03. The Balaban J connectivity index is 2.20. The Bertz CT molecular complexity index is 615. The molecule has 0 radical (unpaired) electrons. The zero-order valence-corrected chi connectivity index (χ0v) is 15.9. The van der Waals surface area contributed by atoms with Crippen molar-refractivity contribution in [3.05, 3.63) is 29.8 Å². The maximum Gasteiger partial charge on any atom is 0.216 e. The minimum absolute atomic E-state index is 0.212. The van der Waals surface area contributed by atoms with Gasteiger partial charge in [-0.1, -0.05) is 12.1 Å². The molecule has 1 aromatic carbocycles. The number of carbonyl (C=O) groups is 1. The molecule has 0 aliphatic heterocycles. The Hall–Kier alpha value is -1.40. The lowest BCUT2D eigenvalue weighted by molar-refractivity contribution is -0.119. The third kappa shape index (κ3) is 7.01. The molecule has 0 saturated heterocycles. The van der Waals surface area contributed by atoms with Crippen molar-refractivity contribution in [3.8, 4) is 5.75 Å². The van der Waals surface area contributed by atoms with Crippen molar-refractivity contribution < 1.29 is 17.9 Å². The molecule has 0 amide bonds. The summed E-state index contributed by atoms with van der Waals surface area (Å²) in [6.45, 7) is 5.37. The number of nitrogens with one attached hydrogen (secondary N) is 1. The molecule has 136 valence electrons. The molecule has 1 aromatic rings. The van der Waals surface area contributed by atoms with Crippen molar-refractivity contribution in [3.63, 3.8) is 0 Å². The predicted octanol–water partition coefficient (Wildman–Crippen LogP) is 3.09. The molecule has 6 heteroatoms. The number of ether oxygens (including phenoxy) is 1. The Morgan fingerprint density at radius 3 is 2.25 bits per heavy atom. The molecule has 0 unspecified atom stereocenters. The van der Waals surface area contributed by atoms with Gasteiger partial charge in [0.25, 0.3) is 0 Å². The minimum atomic E-state index is -3.30. The maximum absolute atomic E-state index is 11.9. The molecule has 0 aliphatic carbocycles. The van der Waals surface area contributed by atoms with Gasteiger partial charge < -0.3 is 4.74 Å². The molecule has 0 atom stereocenters. The molecule has 24 heavy (non-hydrogen) atoms. The fourth-order valence-corrected chi connectivity index (χ4v) is 2.92. The summed E-state index contributed by atoms with van der Waals surface area (Å²) < 4.78 is 30.6. The van der Waals surface area contributed by atoms with Crippen LogP contribution in [-0.2, 0) is 21.2 Å². The smallest absolute Gasteiger partial charge is 0.216 e. The first-order valence-corrected chi connectivity index (χ1v) is 9.78. The van der Waals surface area contributed by atoms with Crippen molar-refractivity contribution in [1.29, 1.82) is 0 Å². The van der Waals surface area contributed by atoms with E-state index in [0.717, 1.165) is 17.7 Å². The van der Waals surface area contributed by atoms with Crippen molar-refractivity contribution in [1.82, 2.24) is 4.72 Å². The summed E-state index contributed by atoms with van der Waals surface area (Å²) in [4.78, 5) is 11.9. The van der Waals surface area contributed by atoms with Gasteiger partial charge in [0.1, 0.15) is 11.5 Å². The summed E-state index contributed by atoms with van der Waals surface area (Å²) in [5, 5.41) is 0. The van der Waals surface area contributed by atoms with Crippen molar-refractivity contribution in [2.75, 3.05) is 13.7 Å². The fraction of sp³-hybridized carbons (Fsp3) is 0.611. The van der Waals surface area contributed by atoms with Crippen LogP contribution in [0.3, 0.4) is 0 Å². The van der Waals surface area contributed by atoms with Gasteiger partial charge in [0.05, 0.1) is 11.9 Å². The molecule has 1 N–H and O–H groups in total. The first-order chi connectivity index (χ1) is 11.2. The zero-order chi connectivity index (χ0) is 18.2. The normalized spacial score (nSPS) is 12.2. The largest absolute Gasteiger partial charge is 0.497 e. The van der Waals surface area contributed by atoms with E-state index in [2.05, 4.69) is 4.72 Å². The molecule has 0 saturated carbocycles.